The molecule has 3 aromatic rings. The van der Waals surface area contributed by atoms with Gasteiger partial charge in [-0.1, -0.05) is 46.3 Å². The van der Waals surface area contributed by atoms with E-state index in [0.29, 0.717) is 34.3 Å². The first-order valence-electron chi connectivity index (χ1n) is 10.7. The molecule has 0 unspecified atom stereocenters. The number of aliphatic imine (C=N–C) groups is 1. The fourth-order valence-electron chi connectivity index (χ4n) is 3.90. The molecule has 0 bridgehead atoms. The Kier molecular flexibility index (Phi) is 7.36. The van der Waals surface area contributed by atoms with Crippen LogP contribution in [-0.4, -0.2) is 51.9 Å². The Labute approximate surface area is 211 Å². The molecule has 8 nitrogen and oxygen atoms in total. The Balaban J connectivity index is 1.64. The fraction of sp³-hybridized carbons (Fsp3) is 0.192. The topological polar surface area (TPSA) is 89.5 Å². The van der Waals surface area contributed by atoms with Crippen LogP contribution in [-0.2, 0) is 9.59 Å². The molecule has 0 aromatic heterocycles. The van der Waals surface area contributed by atoms with Gasteiger partial charge in [0.2, 0.25) is 17.6 Å². The molecule has 1 aliphatic heterocycles. The van der Waals surface area contributed by atoms with Crippen LogP contribution in [0.25, 0.3) is 0 Å². The number of fused-ring (bicyclic) bond motifs is 1. The highest BCUT2D eigenvalue weighted by Gasteiger charge is 2.27. The molecule has 9 heteroatoms. The number of amides is 2. The van der Waals surface area contributed by atoms with Crippen molar-refractivity contribution in [3.63, 3.8) is 0 Å². The first-order valence-corrected chi connectivity index (χ1v) is 11.5. The second-order valence-electron chi connectivity index (χ2n) is 7.63. The van der Waals surface area contributed by atoms with Crippen molar-refractivity contribution in [2.45, 2.75) is 0 Å². The largest absolute Gasteiger partial charge is 0.493 e. The van der Waals surface area contributed by atoms with E-state index >= 15 is 0 Å². The van der Waals surface area contributed by atoms with Crippen LogP contribution in [0, 0.1) is 0 Å². The molecule has 0 atom stereocenters. The summed E-state index contributed by atoms with van der Waals surface area (Å²) >= 11 is 3.51. The second kappa shape index (κ2) is 10.6. The van der Waals surface area contributed by atoms with E-state index < -0.39 is 0 Å². The van der Waals surface area contributed by atoms with Gasteiger partial charge in [0.25, 0.3) is 0 Å². The Morgan fingerprint density at radius 2 is 1.69 bits per heavy atom. The van der Waals surface area contributed by atoms with E-state index in [1.807, 2.05) is 48.5 Å². The molecular formula is C26H24BrN3O5. The number of ether oxygens (including phenoxy) is 3. The molecule has 2 amide bonds. The highest BCUT2D eigenvalue weighted by Crippen LogP contribution is 2.40. The maximum Gasteiger partial charge on any atom is 0.249 e. The lowest BCUT2D eigenvalue weighted by atomic mass is 10.0. The molecule has 0 radical (unpaired) electrons. The lowest BCUT2D eigenvalue weighted by Gasteiger charge is -2.23. The highest BCUT2D eigenvalue weighted by atomic mass is 79.9. The zero-order valence-electron chi connectivity index (χ0n) is 19.5. The zero-order chi connectivity index (χ0) is 24.9. The van der Waals surface area contributed by atoms with Crippen molar-refractivity contribution in [3.05, 3.63) is 76.3 Å². The third kappa shape index (κ3) is 5.14. The molecule has 3 aromatic carbocycles. The minimum Gasteiger partial charge on any atom is -0.493 e. The Hall–Kier alpha value is -3.85. The summed E-state index contributed by atoms with van der Waals surface area (Å²) in [6.45, 7) is -0.268. The van der Waals surface area contributed by atoms with Crippen molar-refractivity contribution in [3.8, 4) is 17.2 Å². The zero-order valence-corrected chi connectivity index (χ0v) is 21.1. The van der Waals surface area contributed by atoms with Crippen LogP contribution >= 0.6 is 15.9 Å². The van der Waals surface area contributed by atoms with Gasteiger partial charge in [-0.15, -0.1) is 0 Å². The van der Waals surface area contributed by atoms with E-state index in [4.69, 9.17) is 14.2 Å². The Morgan fingerprint density at radius 1 is 1.00 bits per heavy atom. The Morgan fingerprint density at radius 3 is 2.31 bits per heavy atom. The van der Waals surface area contributed by atoms with Gasteiger partial charge in [0.05, 0.1) is 32.7 Å². The van der Waals surface area contributed by atoms with Crippen molar-refractivity contribution < 1.29 is 23.8 Å². The number of nitrogens with one attached hydrogen (secondary N) is 1. The molecular weight excluding hydrogens is 514 g/mol. The van der Waals surface area contributed by atoms with Crippen LogP contribution < -0.4 is 24.4 Å². The van der Waals surface area contributed by atoms with Crippen molar-refractivity contribution in [2.75, 3.05) is 44.6 Å². The van der Waals surface area contributed by atoms with Gasteiger partial charge in [-0.3, -0.25) is 14.6 Å². The molecule has 0 saturated carbocycles. The summed E-state index contributed by atoms with van der Waals surface area (Å²) in [7, 11) is 4.50. The van der Waals surface area contributed by atoms with Crippen LogP contribution in [0.2, 0.25) is 0 Å². The number of carbonyl (C=O) groups excluding carboxylic acids is 2. The minimum absolute atomic E-state index is 0.0754. The highest BCUT2D eigenvalue weighted by molar-refractivity contribution is 9.10. The van der Waals surface area contributed by atoms with Crippen LogP contribution in [0.5, 0.6) is 17.2 Å². The molecule has 1 aliphatic rings. The summed E-state index contributed by atoms with van der Waals surface area (Å²) in [6.07, 6.45) is 0. The number of anilines is 2. The van der Waals surface area contributed by atoms with E-state index in [2.05, 4.69) is 26.2 Å². The van der Waals surface area contributed by atoms with Crippen LogP contribution in [0.15, 0.2) is 70.1 Å². The lowest BCUT2D eigenvalue weighted by molar-refractivity contribution is -0.120. The summed E-state index contributed by atoms with van der Waals surface area (Å²) in [5.74, 6) is 0.568. The molecule has 0 saturated heterocycles. The fourth-order valence-corrected chi connectivity index (χ4v) is 4.26. The van der Waals surface area contributed by atoms with Crippen molar-refractivity contribution in [2.24, 2.45) is 4.99 Å². The SMILES string of the molecule is COc1cc(NC(=O)CN2C(=O)CN=C(c3ccccc3)c3cc(Br)ccc32)cc(OC)c1OC. The van der Waals surface area contributed by atoms with E-state index in [1.165, 1.54) is 26.2 Å². The average molecular weight is 538 g/mol. The van der Waals surface area contributed by atoms with Gasteiger partial charge in [-0.2, -0.15) is 0 Å². The van der Waals surface area contributed by atoms with Gasteiger partial charge in [0.15, 0.2) is 11.5 Å². The van der Waals surface area contributed by atoms with Crippen LogP contribution in [0.3, 0.4) is 0 Å². The van der Waals surface area contributed by atoms with E-state index in [0.717, 1.165) is 15.6 Å². The van der Waals surface area contributed by atoms with Crippen molar-refractivity contribution in [1.29, 1.82) is 0 Å². The maximum atomic E-state index is 13.1. The van der Waals surface area contributed by atoms with Gasteiger partial charge in [0.1, 0.15) is 13.1 Å². The lowest BCUT2D eigenvalue weighted by Crippen LogP contribution is -2.39. The summed E-state index contributed by atoms with van der Waals surface area (Å²) in [6, 6.07) is 18.5. The molecule has 1 N–H and O–H groups in total. The molecule has 4 rings (SSSR count). The number of carbonyl (C=O) groups is 2. The number of hydrogen-bond donors (Lipinski definition) is 1. The molecule has 0 aliphatic carbocycles. The summed E-state index contributed by atoms with van der Waals surface area (Å²) < 4.78 is 16.9. The van der Waals surface area contributed by atoms with Gasteiger partial charge in [-0.25, -0.2) is 0 Å². The molecule has 0 spiro atoms. The number of rotatable bonds is 7. The first kappa shape index (κ1) is 24.3. The molecule has 1 heterocycles. The number of benzene rings is 3. The smallest absolute Gasteiger partial charge is 0.249 e. The second-order valence-corrected chi connectivity index (χ2v) is 8.55. The quantitative estimate of drug-likeness (QED) is 0.485. The molecule has 35 heavy (non-hydrogen) atoms. The number of nitrogens with zero attached hydrogens (tertiary/aromatic N) is 2. The summed E-state index contributed by atoms with van der Waals surface area (Å²) in [4.78, 5) is 32.2. The van der Waals surface area contributed by atoms with Gasteiger partial charge in [-0.05, 0) is 18.2 Å². The predicted molar refractivity (Wildman–Crippen MR) is 138 cm³/mol. The summed E-state index contributed by atoms with van der Waals surface area (Å²) in [5.41, 5.74) is 3.41. The van der Waals surface area contributed by atoms with Gasteiger partial charge < -0.3 is 24.4 Å². The number of hydrogen-bond acceptors (Lipinski definition) is 6. The third-order valence-corrected chi connectivity index (χ3v) is 5.97. The van der Waals surface area contributed by atoms with E-state index in [9.17, 15) is 9.59 Å². The van der Waals surface area contributed by atoms with Crippen LogP contribution in [0.4, 0.5) is 11.4 Å². The van der Waals surface area contributed by atoms with Gasteiger partial charge >= 0.3 is 0 Å². The van der Waals surface area contributed by atoms with Crippen molar-refractivity contribution >= 4 is 44.8 Å². The Bertz CT molecular complexity index is 1270. The number of halogens is 1. The maximum absolute atomic E-state index is 13.1. The first-order chi connectivity index (χ1) is 16.9. The predicted octanol–water partition coefficient (Wildman–Crippen LogP) is 4.30. The van der Waals surface area contributed by atoms with Crippen molar-refractivity contribution in [1.82, 2.24) is 0 Å². The standard InChI is InChI=1S/C26H24BrN3O5/c1-33-21-12-18(13-22(34-2)26(21)35-3)29-23(31)15-30-20-10-9-17(27)11-19(20)25(28-14-24(30)32)16-7-5-4-6-8-16/h4-13H,14-15H2,1-3H3,(H,29,31). The number of methoxy groups -OCH3 is 3. The minimum atomic E-state index is -0.385. The average Bonchev–Trinajstić information content (AvgIpc) is 3.00. The van der Waals surface area contributed by atoms with Crippen LogP contribution in [0.1, 0.15) is 11.1 Å². The third-order valence-electron chi connectivity index (χ3n) is 5.48. The number of benzodiazepines with no additional fused rings is 1. The monoisotopic (exact) mass is 537 g/mol. The van der Waals surface area contributed by atoms with E-state index in [1.54, 1.807) is 12.1 Å². The molecule has 180 valence electrons. The van der Waals surface area contributed by atoms with Gasteiger partial charge in [0, 0.05) is 33.4 Å². The summed E-state index contributed by atoms with van der Waals surface area (Å²) in [5, 5.41) is 2.82. The normalized spacial score (nSPS) is 12.9. The molecule has 0 fully saturated rings. The van der Waals surface area contributed by atoms with E-state index in [-0.39, 0.29) is 24.9 Å².